The predicted molar refractivity (Wildman–Crippen MR) is 89.0 cm³/mol. The molecule has 0 saturated heterocycles. The van der Waals surface area contributed by atoms with E-state index in [9.17, 15) is 14.0 Å². The van der Waals surface area contributed by atoms with Gasteiger partial charge < -0.3 is 11.1 Å². The molecule has 0 radical (unpaired) electrons. The summed E-state index contributed by atoms with van der Waals surface area (Å²) in [7, 11) is 0. The topological polar surface area (TPSA) is 103 Å². The summed E-state index contributed by atoms with van der Waals surface area (Å²) in [5.74, 6) is -1.42. The summed E-state index contributed by atoms with van der Waals surface area (Å²) >= 11 is 0. The van der Waals surface area contributed by atoms with E-state index < -0.39 is 11.8 Å². The fourth-order valence-electron chi connectivity index (χ4n) is 2.21. The first-order valence-electron chi connectivity index (χ1n) is 7.33. The molecule has 8 heteroatoms. The number of primary amides is 1. The van der Waals surface area contributed by atoms with Gasteiger partial charge in [0.1, 0.15) is 11.5 Å². The van der Waals surface area contributed by atoms with Crippen molar-refractivity contribution in [1.82, 2.24) is 14.8 Å². The van der Waals surface area contributed by atoms with Crippen LogP contribution < -0.4 is 11.1 Å². The van der Waals surface area contributed by atoms with Crippen LogP contribution in [-0.4, -0.2) is 26.6 Å². The summed E-state index contributed by atoms with van der Waals surface area (Å²) < 4.78 is 14.5. The predicted octanol–water partition coefficient (Wildman–Crippen LogP) is 2.07. The van der Waals surface area contributed by atoms with Gasteiger partial charge in [-0.1, -0.05) is 0 Å². The number of halogens is 1. The van der Waals surface area contributed by atoms with Crippen LogP contribution in [0.1, 0.15) is 26.5 Å². The van der Waals surface area contributed by atoms with E-state index in [1.807, 2.05) is 0 Å². The average Bonchev–Trinajstić information content (AvgIpc) is 2.98. The quantitative estimate of drug-likeness (QED) is 0.759. The molecular formula is C17H14FN5O2. The SMILES string of the molecule is Cc1cn(-c2ccc(F)cc2)nc1C(=O)Nc1ccc(C(N)=O)nc1. The third-order valence-corrected chi connectivity index (χ3v) is 3.48. The Bertz CT molecular complexity index is 933. The number of nitrogens with zero attached hydrogens (tertiary/aromatic N) is 3. The van der Waals surface area contributed by atoms with Crippen LogP contribution in [0.15, 0.2) is 48.8 Å². The maximum Gasteiger partial charge on any atom is 0.276 e. The zero-order valence-corrected chi connectivity index (χ0v) is 13.2. The molecule has 1 aromatic carbocycles. The molecule has 3 rings (SSSR count). The molecule has 0 unspecified atom stereocenters. The van der Waals surface area contributed by atoms with E-state index >= 15 is 0 Å². The number of aryl methyl sites for hydroxylation is 1. The standard InChI is InChI=1S/C17H14FN5O2/c1-10-9-23(13-5-2-11(18)3-6-13)22-15(10)17(25)21-12-4-7-14(16(19)24)20-8-12/h2-9H,1H3,(H2,19,24)(H,21,25). The number of nitrogens with one attached hydrogen (secondary N) is 1. The molecule has 3 N–H and O–H groups in total. The van der Waals surface area contributed by atoms with Crippen molar-refractivity contribution in [3.8, 4) is 5.69 Å². The Labute approximate surface area is 142 Å². The molecular weight excluding hydrogens is 325 g/mol. The van der Waals surface area contributed by atoms with Gasteiger partial charge in [0.05, 0.1) is 17.6 Å². The van der Waals surface area contributed by atoms with Crippen LogP contribution in [0.2, 0.25) is 0 Å². The maximum absolute atomic E-state index is 13.0. The number of nitrogens with two attached hydrogens (primary N) is 1. The first kappa shape index (κ1) is 16.3. The van der Waals surface area contributed by atoms with E-state index in [0.29, 0.717) is 16.9 Å². The van der Waals surface area contributed by atoms with Crippen molar-refractivity contribution < 1.29 is 14.0 Å². The first-order valence-corrected chi connectivity index (χ1v) is 7.33. The van der Waals surface area contributed by atoms with Crippen molar-refractivity contribution in [2.75, 3.05) is 5.32 Å². The molecule has 0 spiro atoms. The van der Waals surface area contributed by atoms with Gasteiger partial charge in [0.2, 0.25) is 0 Å². The van der Waals surface area contributed by atoms with E-state index in [1.54, 1.807) is 25.3 Å². The Balaban J connectivity index is 1.80. The molecule has 126 valence electrons. The summed E-state index contributed by atoms with van der Waals surface area (Å²) in [5.41, 5.74) is 7.15. The second-order valence-corrected chi connectivity index (χ2v) is 5.33. The zero-order valence-electron chi connectivity index (χ0n) is 13.2. The lowest BCUT2D eigenvalue weighted by Crippen LogP contribution is -2.16. The molecule has 0 atom stereocenters. The molecule has 0 aliphatic carbocycles. The summed E-state index contributed by atoms with van der Waals surface area (Å²) in [4.78, 5) is 27.2. The Hall–Kier alpha value is -3.55. The van der Waals surface area contributed by atoms with Gasteiger partial charge in [0.25, 0.3) is 11.8 Å². The summed E-state index contributed by atoms with van der Waals surface area (Å²) in [6.07, 6.45) is 3.01. The van der Waals surface area contributed by atoms with Crippen molar-refractivity contribution >= 4 is 17.5 Å². The second kappa shape index (κ2) is 6.52. The highest BCUT2D eigenvalue weighted by atomic mass is 19.1. The zero-order chi connectivity index (χ0) is 18.0. The van der Waals surface area contributed by atoms with E-state index in [0.717, 1.165) is 0 Å². The van der Waals surface area contributed by atoms with Crippen LogP contribution in [0.5, 0.6) is 0 Å². The molecule has 0 aliphatic rings. The number of hydrogen-bond donors (Lipinski definition) is 2. The fraction of sp³-hybridized carbons (Fsp3) is 0.0588. The van der Waals surface area contributed by atoms with Crippen molar-refractivity contribution in [3.63, 3.8) is 0 Å². The van der Waals surface area contributed by atoms with Crippen LogP contribution in [-0.2, 0) is 0 Å². The molecule has 0 aliphatic heterocycles. The molecule has 7 nitrogen and oxygen atoms in total. The van der Waals surface area contributed by atoms with E-state index in [2.05, 4.69) is 15.4 Å². The third-order valence-electron chi connectivity index (χ3n) is 3.48. The Morgan fingerprint density at radius 2 is 1.88 bits per heavy atom. The highest BCUT2D eigenvalue weighted by molar-refractivity contribution is 6.03. The summed E-state index contributed by atoms with van der Waals surface area (Å²) in [6.45, 7) is 1.75. The molecule has 0 saturated carbocycles. The third kappa shape index (κ3) is 3.52. The van der Waals surface area contributed by atoms with Gasteiger partial charge in [-0.2, -0.15) is 5.10 Å². The summed E-state index contributed by atoms with van der Waals surface area (Å²) in [6, 6.07) is 8.71. The van der Waals surface area contributed by atoms with Gasteiger partial charge in [0.15, 0.2) is 5.69 Å². The van der Waals surface area contributed by atoms with Gasteiger partial charge in [0, 0.05) is 11.8 Å². The second-order valence-electron chi connectivity index (χ2n) is 5.33. The van der Waals surface area contributed by atoms with Crippen LogP contribution >= 0.6 is 0 Å². The van der Waals surface area contributed by atoms with Crippen LogP contribution in [0.4, 0.5) is 10.1 Å². The van der Waals surface area contributed by atoms with Crippen molar-refractivity contribution in [3.05, 3.63) is 71.6 Å². The van der Waals surface area contributed by atoms with Gasteiger partial charge in [-0.25, -0.2) is 14.1 Å². The number of rotatable bonds is 4. The minimum Gasteiger partial charge on any atom is -0.364 e. The Morgan fingerprint density at radius 3 is 2.48 bits per heavy atom. The van der Waals surface area contributed by atoms with Crippen molar-refractivity contribution in [2.24, 2.45) is 5.73 Å². The average molecular weight is 339 g/mol. The Morgan fingerprint density at radius 1 is 1.16 bits per heavy atom. The number of anilines is 1. The van der Waals surface area contributed by atoms with E-state index in [4.69, 9.17) is 5.73 Å². The van der Waals surface area contributed by atoms with Gasteiger partial charge in [-0.05, 0) is 43.3 Å². The van der Waals surface area contributed by atoms with Gasteiger partial charge in [-0.15, -0.1) is 0 Å². The summed E-state index contributed by atoms with van der Waals surface area (Å²) in [5, 5.41) is 6.89. The molecule has 2 amide bonds. The minimum atomic E-state index is -0.647. The number of aromatic nitrogens is 3. The van der Waals surface area contributed by atoms with Crippen molar-refractivity contribution in [2.45, 2.75) is 6.92 Å². The number of pyridine rings is 1. The van der Waals surface area contributed by atoms with Gasteiger partial charge >= 0.3 is 0 Å². The largest absolute Gasteiger partial charge is 0.364 e. The normalized spacial score (nSPS) is 10.5. The highest BCUT2D eigenvalue weighted by Gasteiger charge is 2.15. The number of carbonyl (C=O) groups is 2. The first-order chi connectivity index (χ1) is 11.9. The molecule has 0 fully saturated rings. The lowest BCUT2D eigenvalue weighted by Gasteiger charge is -2.04. The number of carbonyl (C=O) groups excluding carboxylic acids is 2. The molecule has 0 bridgehead atoms. The Kier molecular flexibility index (Phi) is 4.25. The monoisotopic (exact) mass is 339 g/mol. The van der Waals surface area contributed by atoms with Crippen LogP contribution in [0, 0.1) is 12.7 Å². The highest BCUT2D eigenvalue weighted by Crippen LogP contribution is 2.14. The lowest BCUT2D eigenvalue weighted by molar-refractivity contribution is 0.0993. The van der Waals surface area contributed by atoms with Crippen LogP contribution in [0.3, 0.4) is 0 Å². The number of hydrogen-bond acceptors (Lipinski definition) is 4. The van der Waals surface area contributed by atoms with E-state index in [1.165, 1.54) is 35.1 Å². The fourth-order valence-corrected chi connectivity index (χ4v) is 2.21. The van der Waals surface area contributed by atoms with Crippen LogP contribution in [0.25, 0.3) is 5.69 Å². The van der Waals surface area contributed by atoms with E-state index in [-0.39, 0.29) is 17.2 Å². The molecule has 3 aromatic rings. The number of benzene rings is 1. The maximum atomic E-state index is 13.0. The smallest absolute Gasteiger partial charge is 0.276 e. The molecule has 2 aromatic heterocycles. The van der Waals surface area contributed by atoms with Gasteiger partial charge in [-0.3, -0.25) is 9.59 Å². The molecule has 25 heavy (non-hydrogen) atoms. The van der Waals surface area contributed by atoms with Crippen molar-refractivity contribution in [1.29, 1.82) is 0 Å². The lowest BCUT2D eigenvalue weighted by atomic mass is 10.2. The number of amides is 2. The minimum absolute atomic E-state index is 0.106. The molecule has 2 heterocycles.